The van der Waals surface area contributed by atoms with Crippen molar-refractivity contribution in [2.24, 2.45) is 0 Å². The van der Waals surface area contributed by atoms with Crippen molar-refractivity contribution >= 4 is 22.4 Å². The lowest BCUT2D eigenvalue weighted by Crippen LogP contribution is -2.17. The molecule has 1 amide bonds. The largest absolute Gasteiger partial charge is 0.326 e. The van der Waals surface area contributed by atoms with Crippen LogP contribution in [0.3, 0.4) is 0 Å². The summed E-state index contributed by atoms with van der Waals surface area (Å²) in [5, 5.41) is 4.75. The Kier molecular flexibility index (Phi) is 4.54. The van der Waals surface area contributed by atoms with E-state index < -0.39 is 0 Å². The minimum atomic E-state index is -0.0738. The van der Waals surface area contributed by atoms with Gasteiger partial charge < -0.3 is 15.2 Å². The molecule has 0 bridgehead atoms. The van der Waals surface area contributed by atoms with Gasteiger partial charge in [0.15, 0.2) is 0 Å². The Labute approximate surface area is 158 Å². The number of hydrogen-bond donors (Lipinski definition) is 2. The molecule has 0 aliphatic heterocycles. The molecular formula is C22H23N3O2. The fourth-order valence-corrected chi connectivity index (χ4v) is 3.82. The van der Waals surface area contributed by atoms with E-state index in [0.717, 1.165) is 46.4 Å². The average molecular weight is 361 g/mol. The first-order valence-corrected chi connectivity index (χ1v) is 9.25. The molecule has 5 heteroatoms. The Bertz CT molecular complexity index is 1080. The predicted octanol–water partition coefficient (Wildman–Crippen LogP) is 3.38. The van der Waals surface area contributed by atoms with E-state index in [4.69, 9.17) is 0 Å². The number of pyridine rings is 1. The minimum Gasteiger partial charge on any atom is -0.326 e. The summed E-state index contributed by atoms with van der Waals surface area (Å²) in [5.74, 6) is 0.0274. The van der Waals surface area contributed by atoms with Crippen molar-refractivity contribution < 1.29 is 4.79 Å². The maximum atomic E-state index is 12.5. The lowest BCUT2D eigenvalue weighted by Gasteiger charge is -2.12. The summed E-state index contributed by atoms with van der Waals surface area (Å²) in [5.41, 5.74) is 4.82. The minimum absolute atomic E-state index is 0.0274. The summed E-state index contributed by atoms with van der Waals surface area (Å²) in [6, 6.07) is 13.6. The van der Waals surface area contributed by atoms with E-state index in [2.05, 4.69) is 15.2 Å². The van der Waals surface area contributed by atoms with Gasteiger partial charge in [0.25, 0.3) is 5.56 Å². The van der Waals surface area contributed by atoms with E-state index in [1.807, 2.05) is 56.6 Å². The van der Waals surface area contributed by atoms with Crippen molar-refractivity contribution in [1.82, 2.24) is 9.88 Å². The van der Waals surface area contributed by atoms with Crippen LogP contribution in [0, 0.1) is 0 Å². The highest BCUT2D eigenvalue weighted by Gasteiger charge is 2.25. The summed E-state index contributed by atoms with van der Waals surface area (Å²) in [4.78, 5) is 29.9. The van der Waals surface area contributed by atoms with E-state index in [0.29, 0.717) is 18.2 Å². The van der Waals surface area contributed by atoms with E-state index in [1.54, 1.807) is 0 Å². The molecule has 0 atom stereocenters. The van der Waals surface area contributed by atoms with Crippen molar-refractivity contribution in [3.8, 4) is 11.3 Å². The highest BCUT2D eigenvalue weighted by Crippen LogP contribution is 2.41. The Morgan fingerprint density at radius 3 is 2.63 bits per heavy atom. The average Bonchev–Trinajstić information content (AvgIpc) is 3.02. The van der Waals surface area contributed by atoms with Crippen molar-refractivity contribution in [1.29, 1.82) is 0 Å². The number of carbonyl (C=O) groups is 1. The number of nitrogens with zero attached hydrogens (tertiary/aromatic N) is 1. The van der Waals surface area contributed by atoms with E-state index in [1.165, 1.54) is 0 Å². The monoisotopic (exact) mass is 361 g/mol. The van der Waals surface area contributed by atoms with E-state index in [-0.39, 0.29) is 11.5 Å². The maximum absolute atomic E-state index is 12.5. The van der Waals surface area contributed by atoms with Gasteiger partial charge in [-0.3, -0.25) is 9.59 Å². The Morgan fingerprint density at radius 2 is 1.85 bits per heavy atom. The zero-order chi connectivity index (χ0) is 19.0. The first-order chi connectivity index (χ1) is 13.0. The van der Waals surface area contributed by atoms with Crippen LogP contribution in [0.4, 0.5) is 5.69 Å². The van der Waals surface area contributed by atoms with Crippen LogP contribution in [-0.4, -0.2) is 36.4 Å². The van der Waals surface area contributed by atoms with Gasteiger partial charge in [0, 0.05) is 29.5 Å². The quantitative estimate of drug-likeness (QED) is 0.573. The van der Waals surface area contributed by atoms with Gasteiger partial charge in [-0.25, -0.2) is 0 Å². The topological polar surface area (TPSA) is 65.2 Å². The van der Waals surface area contributed by atoms with Crippen LogP contribution in [-0.2, 0) is 11.2 Å². The van der Waals surface area contributed by atoms with Gasteiger partial charge in [-0.2, -0.15) is 0 Å². The van der Waals surface area contributed by atoms with Gasteiger partial charge >= 0.3 is 0 Å². The zero-order valence-electron chi connectivity index (χ0n) is 15.6. The molecule has 0 radical (unpaired) electrons. The summed E-state index contributed by atoms with van der Waals surface area (Å²) in [6.07, 6.45) is 2.02. The van der Waals surface area contributed by atoms with Gasteiger partial charge in [0.1, 0.15) is 0 Å². The number of aromatic nitrogens is 1. The Hall–Kier alpha value is -2.92. The number of carbonyl (C=O) groups excluding carboxylic acids is 1. The zero-order valence-corrected chi connectivity index (χ0v) is 15.6. The normalized spacial score (nSPS) is 12.3. The summed E-state index contributed by atoms with van der Waals surface area (Å²) in [6.45, 7) is 0.888. The smallest absolute Gasteiger partial charge is 0.256 e. The van der Waals surface area contributed by atoms with Gasteiger partial charge in [-0.15, -0.1) is 0 Å². The van der Waals surface area contributed by atoms with Crippen LogP contribution < -0.4 is 10.9 Å². The number of benzene rings is 2. The second-order valence-corrected chi connectivity index (χ2v) is 7.32. The van der Waals surface area contributed by atoms with Crippen LogP contribution in [0.1, 0.15) is 24.0 Å². The molecule has 4 rings (SSSR count). The molecule has 2 aromatic carbocycles. The van der Waals surface area contributed by atoms with Crippen LogP contribution in [0.25, 0.3) is 22.0 Å². The van der Waals surface area contributed by atoms with Crippen molar-refractivity contribution in [2.75, 3.05) is 26.0 Å². The first-order valence-electron chi connectivity index (χ1n) is 9.25. The van der Waals surface area contributed by atoms with Crippen LogP contribution >= 0.6 is 0 Å². The molecule has 1 aliphatic rings. The number of nitrogens with one attached hydrogen (secondary N) is 2. The molecule has 0 spiro atoms. The standard InChI is InChI=1S/C22H23N3O2/c1-25(2)12-6-11-20(26)23-19-10-5-9-15-17(19)13-18-14-7-3-4-8-16(14)22(27)24-21(15)18/h3-5,7-10H,6,11-13H2,1-2H3,(H,23,26)(H,24,27). The SMILES string of the molecule is CN(C)CCCC(=O)Nc1cccc2c1Cc1c-2[nH]c(=O)c2ccccc12. The third-order valence-electron chi connectivity index (χ3n) is 5.12. The third-order valence-corrected chi connectivity index (χ3v) is 5.12. The molecule has 5 nitrogen and oxygen atoms in total. The molecule has 3 aromatic rings. The Morgan fingerprint density at radius 1 is 1.07 bits per heavy atom. The van der Waals surface area contributed by atoms with Crippen molar-refractivity contribution in [3.63, 3.8) is 0 Å². The predicted molar refractivity (Wildman–Crippen MR) is 109 cm³/mol. The van der Waals surface area contributed by atoms with Gasteiger partial charge in [-0.05, 0) is 55.7 Å². The maximum Gasteiger partial charge on any atom is 0.256 e. The molecule has 0 fully saturated rings. The highest BCUT2D eigenvalue weighted by atomic mass is 16.1. The van der Waals surface area contributed by atoms with Gasteiger partial charge in [0.05, 0.1) is 5.69 Å². The molecule has 0 unspecified atom stereocenters. The third kappa shape index (κ3) is 3.26. The fraction of sp³-hybridized carbons (Fsp3) is 0.273. The van der Waals surface area contributed by atoms with Crippen LogP contribution in [0.15, 0.2) is 47.3 Å². The molecule has 2 N–H and O–H groups in total. The number of fused-ring (bicyclic) bond motifs is 5. The summed E-state index contributed by atoms with van der Waals surface area (Å²) < 4.78 is 0. The lowest BCUT2D eigenvalue weighted by molar-refractivity contribution is -0.116. The lowest BCUT2D eigenvalue weighted by atomic mass is 10.0. The number of amides is 1. The second-order valence-electron chi connectivity index (χ2n) is 7.32. The Balaban J connectivity index is 1.66. The molecule has 0 saturated carbocycles. The van der Waals surface area contributed by atoms with Crippen LogP contribution in [0.2, 0.25) is 0 Å². The number of anilines is 1. The molecule has 1 heterocycles. The molecule has 1 aliphatic carbocycles. The molecule has 1 aromatic heterocycles. The van der Waals surface area contributed by atoms with Crippen LogP contribution in [0.5, 0.6) is 0 Å². The number of H-pyrrole nitrogens is 1. The van der Waals surface area contributed by atoms with E-state index >= 15 is 0 Å². The second kappa shape index (κ2) is 7.00. The number of hydrogen-bond acceptors (Lipinski definition) is 3. The molecular weight excluding hydrogens is 338 g/mol. The van der Waals surface area contributed by atoms with Gasteiger partial charge in [0.2, 0.25) is 5.91 Å². The van der Waals surface area contributed by atoms with Gasteiger partial charge in [-0.1, -0.05) is 30.3 Å². The summed E-state index contributed by atoms with van der Waals surface area (Å²) in [7, 11) is 4.01. The highest BCUT2D eigenvalue weighted by molar-refractivity contribution is 5.97. The van der Waals surface area contributed by atoms with E-state index in [9.17, 15) is 9.59 Å². The fourth-order valence-electron chi connectivity index (χ4n) is 3.82. The van der Waals surface area contributed by atoms with Crippen molar-refractivity contribution in [2.45, 2.75) is 19.3 Å². The molecule has 138 valence electrons. The summed E-state index contributed by atoms with van der Waals surface area (Å²) >= 11 is 0. The first kappa shape index (κ1) is 17.5. The number of aromatic amines is 1. The van der Waals surface area contributed by atoms with Crippen molar-refractivity contribution in [3.05, 3.63) is 63.9 Å². The molecule has 27 heavy (non-hydrogen) atoms. The number of rotatable bonds is 5. The molecule has 0 saturated heterocycles.